The average Bonchev–Trinajstić information content (AvgIpc) is 2.49. The van der Waals surface area contributed by atoms with Crippen molar-refractivity contribution in [2.45, 2.75) is 39.3 Å². The fraction of sp³-hybridized carbons (Fsp3) is 0.733. The molecule has 1 aliphatic heterocycles. The van der Waals surface area contributed by atoms with Crippen molar-refractivity contribution < 1.29 is 4.74 Å². The number of ether oxygens (including phenoxy) is 1. The molecule has 0 radical (unpaired) electrons. The molecular weight excluding hydrogens is 252 g/mol. The van der Waals surface area contributed by atoms with E-state index in [1.54, 1.807) is 0 Å². The summed E-state index contributed by atoms with van der Waals surface area (Å²) in [5.74, 6) is 0.821. The van der Waals surface area contributed by atoms with Gasteiger partial charge in [0.1, 0.15) is 6.10 Å². The van der Waals surface area contributed by atoms with E-state index >= 15 is 0 Å². The van der Waals surface area contributed by atoms with Crippen LogP contribution in [0.1, 0.15) is 44.3 Å². The SMILES string of the molecule is CCCNCc1ccnc(C2CN(CCC)CCO2)n1. The highest BCUT2D eigenvalue weighted by atomic mass is 16.5. The summed E-state index contributed by atoms with van der Waals surface area (Å²) in [5.41, 5.74) is 1.04. The van der Waals surface area contributed by atoms with Crippen LogP contribution in [0.15, 0.2) is 12.3 Å². The Morgan fingerprint density at radius 3 is 3.10 bits per heavy atom. The van der Waals surface area contributed by atoms with E-state index in [1.807, 2.05) is 12.3 Å². The maximum absolute atomic E-state index is 5.83. The van der Waals surface area contributed by atoms with Gasteiger partial charge in [0.2, 0.25) is 0 Å². The summed E-state index contributed by atoms with van der Waals surface area (Å²) in [5, 5.41) is 3.37. The Hall–Kier alpha value is -1.04. The fourth-order valence-corrected chi connectivity index (χ4v) is 2.44. The Balaban J connectivity index is 1.95. The third-order valence-corrected chi connectivity index (χ3v) is 3.44. The van der Waals surface area contributed by atoms with Crippen LogP contribution in [0.4, 0.5) is 0 Å². The molecule has 1 unspecified atom stereocenters. The number of morpholine rings is 1. The number of nitrogens with one attached hydrogen (secondary N) is 1. The maximum atomic E-state index is 5.83. The molecule has 20 heavy (non-hydrogen) atoms. The van der Waals surface area contributed by atoms with Gasteiger partial charge in [0.05, 0.1) is 12.3 Å². The van der Waals surface area contributed by atoms with Gasteiger partial charge >= 0.3 is 0 Å². The minimum atomic E-state index is 0.0152. The highest BCUT2D eigenvalue weighted by Gasteiger charge is 2.23. The first-order chi connectivity index (χ1) is 9.83. The Morgan fingerprint density at radius 1 is 1.40 bits per heavy atom. The first kappa shape index (κ1) is 15.4. The molecule has 5 nitrogen and oxygen atoms in total. The molecule has 1 atom stereocenters. The fourth-order valence-electron chi connectivity index (χ4n) is 2.44. The van der Waals surface area contributed by atoms with E-state index in [2.05, 4.69) is 34.0 Å². The summed E-state index contributed by atoms with van der Waals surface area (Å²) in [4.78, 5) is 11.5. The molecule has 112 valence electrons. The van der Waals surface area contributed by atoms with Gasteiger partial charge in [0.15, 0.2) is 5.82 Å². The number of rotatable bonds is 7. The maximum Gasteiger partial charge on any atom is 0.158 e. The van der Waals surface area contributed by atoms with Crippen molar-refractivity contribution in [1.29, 1.82) is 0 Å². The van der Waals surface area contributed by atoms with Gasteiger partial charge in [0.25, 0.3) is 0 Å². The molecule has 5 heteroatoms. The molecule has 1 fully saturated rings. The summed E-state index contributed by atoms with van der Waals surface area (Å²) < 4.78 is 5.83. The molecule has 0 bridgehead atoms. The van der Waals surface area contributed by atoms with Gasteiger partial charge in [-0.2, -0.15) is 0 Å². The highest BCUT2D eigenvalue weighted by Crippen LogP contribution is 2.19. The van der Waals surface area contributed by atoms with Gasteiger partial charge in [-0.3, -0.25) is 4.90 Å². The smallest absolute Gasteiger partial charge is 0.158 e. The lowest BCUT2D eigenvalue weighted by atomic mass is 10.2. The second-order valence-electron chi connectivity index (χ2n) is 5.24. The molecule has 1 N–H and O–H groups in total. The third-order valence-electron chi connectivity index (χ3n) is 3.44. The normalized spacial score (nSPS) is 20.2. The predicted molar refractivity (Wildman–Crippen MR) is 79.5 cm³/mol. The summed E-state index contributed by atoms with van der Waals surface area (Å²) in [7, 11) is 0. The first-order valence-electron chi connectivity index (χ1n) is 7.70. The van der Waals surface area contributed by atoms with Crippen molar-refractivity contribution in [2.24, 2.45) is 0 Å². The van der Waals surface area contributed by atoms with Gasteiger partial charge in [-0.05, 0) is 32.0 Å². The minimum absolute atomic E-state index is 0.0152. The molecule has 1 aromatic rings. The topological polar surface area (TPSA) is 50.3 Å². The summed E-state index contributed by atoms with van der Waals surface area (Å²) in [6.45, 7) is 10.0. The monoisotopic (exact) mass is 278 g/mol. The van der Waals surface area contributed by atoms with Gasteiger partial charge in [0, 0.05) is 25.8 Å². The summed E-state index contributed by atoms with van der Waals surface area (Å²) in [6, 6.07) is 1.97. The Bertz CT molecular complexity index is 397. The van der Waals surface area contributed by atoms with E-state index in [9.17, 15) is 0 Å². The zero-order valence-corrected chi connectivity index (χ0v) is 12.6. The quantitative estimate of drug-likeness (QED) is 0.770. The Morgan fingerprint density at radius 2 is 2.30 bits per heavy atom. The zero-order chi connectivity index (χ0) is 14.2. The minimum Gasteiger partial charge on any atom is -0.368 e. The van der Waals surface area contributed by atoms with Crippen LogP contribution in [0.2, 0.25) is 0 Å². The van der Waals surface area contributed by atoms with Gasteiger partial charge in [-0.25, -0.2) is 9.97 Å². The van der Waals surface area contributed by atoms with Crippen molar-refractivity contribution in [2.75, 3.05) is 32.8 Å². The lowest BCUT2D eigenvalue weighted by molar-refractivity contribution is -0.0343. The third kappa shape index (κ3) is 4.51. The van der Waals surface area contributed by atoms with E-state index < -0.39 is 0 Å². The van der Waals surface area contributed by atoms with Crippen molar-refractivity contribution in [3.05, 3.63) is 23.8 Å². The lowest BCUT2D eigenvalue weighted by Gasteiger charge is -2.31. The van der Waals surface area contributed by atoms with Crippen molar-refractivity contribution in [3.8, 4) is 0 Å². The highest BCUT2D eigenvalue weighted by molar-refractivity contribution is 5.05. The standard InChI is InChI=1S/C15H26N4O/c1-3-6-16-11-13-5-7-17-15(18-13)14-12-19(8-4-2)9-10-20-14/h5,7,14,16H,3-4,6,8-12H2,1-2H3. The molecule has 1 aliphatic rings. The van der Waals surface area contributed by atoms with E-state index in [0.717, 1.165) is 57.3 Å². The molecule has 2 heterocycles. The predicted octanol–water partition coefficient (Wildman–Crippen LogP) is 1.76. The van der Waals surface area contributed by atoms with Crippen molar-refractivity contribution in [1.82, 2.24) is 20.2 Å². The molecule has 0 spiro atoms. The lowest BCUT2D eigenvalue weighted by Crippen LogP contribution is -2.39. The Labute approximate surface area is 121 Å². The van der Waals surface area contributed by atoms with E-state index in [0.29, 0.717) is 0 Å². The molecule has 1 saturated heterocycles. The molecule has 0 aliphatic carbocycles. The van der Waals surface area contributed by atoms with E-state index in [-0.39, 0.29) is 6.10 Å². The van der Waals surface area contributed by atoms with Crippen LogP contribution in [0.3, 0.4) is 0 Å². The van der Waals surface area contributed by atoms with Crippen LogP contribution in [-0.4, -0.2) is 47.7 Å². The molecule has 2 rings (SSSR count). The molecule has 1 aromatic heterocycles. The first-order valence-corrected chi connectivity index (χ1v) is 7.70. The van der Waals surface area contributed by atoms with E-state index in [1.165, 1.54) is 6.42 Å². The number of nitrogens with zero attached hydrogens (tertiary/aromatic N) is 3. The second kappa shape index (κ2) is 8.29. The largest absolute Gasteiger partial charge is 0.368 e. The Kier molecular flexibility index (Phi) is 6.36. The van der Waals surface area contributed by atoms with Crippen LogP contribution < -0.4 is 5.32 Å². The van der Waals surface area contributed by atoms with Crippen LogP contribution in [0.5, 0.6) is 0 Å². The van der Waals surface area contributed by atoms with Gasteiger partial charge in [-0.15, -0.1) is 0 Å². The molecule has 0 aromatic carbocycles. The second-order valence-corrected chi connectivity index (χ2v) is 5.24. The van der Waals surface area contributed by atoms with Crippen molar-refractivity contribution in [3.63, 3.8) is 0 Å². The number of aromatic nitrogens is 2. The summed E-state index contributed by atoms with van der Waals surface area (Å²) in [6.07, 6.45) is 4.17. The van der Waals surface area contributed by atoms with E-state index in [4.69, 9.17) is 4.74 Å². The molecule has 0 amide bonds. The number of hydrogen-bond acceptors (Lipinski definition) is 5. The van der Waals surface area contributed by atoms with Crippen LogP contribution in [0.25, 0.3) is 0 Å². The van der Waals surface area contributed by atoms with Crippen LogP contribution >= 0.6 is 0 Å². The van der Waals surface area contributed by atoms with Crippen LogP contribution in [0, 0.1) is 0 Å². The molecule has 0 saturated carbocycles. The van der Waals surface area contributed by atoms with Crippen molar-refractivity contribution >= 4 is 0 Å². The average molecular weight is 278 g/mol. The molecular formula is C15H26N4O. The van der Waals surface area contributed by atoms with Gasteiger partial charge < -0.3 is 10.1 Å². The van der Waals surface area contributed by atoms with Gasteiger partial charge in [-0.1, -0.05) is 13.8 Å². The zero-order valence-electron chi connectivity index (χ0n) is 12.6. The van der Waals surface area contributed by atoms with Crippen LogP contribution in [-0.2, 0) is 11.3 Å². The summed E-state index contributed by atoms with van der Waals surface area (Å²) >= 11 is 0. The number of hydrogen-bond donors (Lipinski definition) is 1.